The Morgan fingerprint density at radius 3 is 2.75 bits per heavy atom. The van der Waals surface area contributed by atoms with Gasteiger partial charge in [0.1, 0.15) is 0 Å². The van der Waals surface area contributed by atoms with Gasteiger partial charge >= 0.3 is 5.97 Å². The second-order valence-corrected chi connectivity index (χ2v) is 5.61. The molecule has 0 spiro atoms. The molecular formula is C16H22N2O2. The molecule has 0 unspecified atom stereocenters. The third kappa shape index (κ3) is 4.58. The fourth-order valence-electron chi connectivity index (χ4n) is 1.84. The number of anilines is 1. The van der Waals surface area contributed by atoms with Gasteiger partial charge in [-0.1, -0.05) is 6.07 Å². The van der Waals surface area contributed by atoms with Crippen LogP contribution in [0.5, 0.6) is 0 Å². The Labute approximate surface area is 120 Å². The number of benzene rings is 1. The smallest absolute Gasteiger partial charge is 0.338 e. The van der Waals surface area contributed by atoms with Crippen molar-refractivity contribution < 1.29 is 9.53 Å². The number of esters is 1. The summed E-state index contributed by atoms with van der Waals surface area (Å²) in [6.45, 7) is 6.00. The average Bonchev–Trinajstić information content (AvgIpc) is 2.41. The molecule has 0 saturated carbocycles. The Bertz CT molecular complexity index is 516. The molecule has 0 aromatic heterocycles. The summed E-state index contributed by atoms with van der Waals surface area (Å²) < 4.78 is 5.23. The SMILES string of the molecule is Cc1c(N)cccc1C(=O)OCCCCC(C)(C)C#N. The molecule has 0 aliphatic carbocycles. The van der Waals surface area contributed by atoms with Crippen LogP contribution in [-0.2, 0) is 4.74 Å². The highest BCUT2D eigenvalue weighted by molar-refractivity contribution is 5.92. The first kappa shape index (κ1) is 16.0. The first-order chi connectivity index (χ1) is 9.37. The molecule has 0 saturated heterocycles. The zero-order chi connectivity index (χ0) is 15.2. The van der Waals surface area contributed by atoms with Crippen LogP contribution in [0.2, 0.25) is 0 Å². The topological polar surface area (TPSA) is 76.1 Å². The van der Waals surface area contributed by atoms with Crippen molar-refractivity contribution in [3.05, 3.63) is 29.3 Å². The second-order valence-electron chi connectivity index (χ2n) is 5.61. The Balaban J connectivity index is 2.38. The van der Waals surface area contributed by atoms with Crippen molar-refractivity contribution >= 4 is 11.7 Å². The highest BCUT2D eigenvalue weighted by atomic mass is 16.5. The minimum Gasteiger partial charge on any atom is -0.462 e. The highest BCUT2D eigenvalue weighted by Crippen LogP contribution is 2.21. The summed E-state index contributed by atoms with van der Waals surface area (Å²) in [6, 6.07) is 7.48. The lowest BCUT2D eigenvalue weighted by atomic mass is 9.89. The minimum atomic E-state index is -0.339. The number of unbranched alkanes of at least 4 members (excludes halogenated alkanes) is 1. The maximum Gasteiger partial charge on any atom is 0.338 e. The summed E-state index contributed by atoms with van der Waals surface area (Å²) in [7, 11) is 0. The molecule has 0 bridgehead atoms. The number of carbonyl (C=O) groups is 1. The van der Waals surface area contributed by atoms with Crippen LogP contribution in [-0.4, -0.2) is 12.6 Å². The van der Waals surface area contributed by atoms with E-state index in [0.29, 0.717) is 17.9 Å². The van der Waals surface area contributed by atoms with Crippen molar-refractivity contribution in [3.63, 3.8) is 0 Å². The number of nitriles is 1. The molecule has 4 nitrogen and oxygen atoms in total. The molecule has 0 radical (unpaired) electrons. The van der Waals surface area contributed by atoms with Crippen LogP contribution in [0, 0.1) is 23.7 Å². The van der Waals surface area contributed by atoms with Crippen LogP contribution in [0.1, 0.15) is 49.0 Å². The third-order valence-corrected chi connectivity index (χ3v) is 3.33. The Hall–Kier alpha value is -2.02. The predicted octanol–water partition coefficient (Wildman–Crippen LogP) is 3.45. The van der Waals surface area contributed by atoms with Crippen LogP contribution in [0.25, 0.3) is 0 Å². The van der Waals surface area contributed by atoms with E-state index in [-0.39, 0.29) is 11.4 Å². The van der Waals surface area contributed by atoms with Gasteiger partial charge < -0.3 is 10.5 Å². The van der Waals surface area contributed by atoms with Crippen LogP contribution < -0.4 is 5.73 Å². The summed E-state index contributed by atoms with van der Waals surface area (Å²) >= 11 is 0. The zero-order valence-electron chi connectivity index (χ0n) is 12.4. The van der Waals surface area contributed by atoms with Gasteiger partial charge in [0.15, 0.2) is 0 Å². The number of ether oxygens (including phenoxy) is 1. The van der Waals surface area contributed by atoms with E-state index < -0.39 is 0 Å². The van der Waals surface area contributed by atoms with E-state index >= 15 is 0 Å². The quantitative estimate of drug-likeness (QED) is 0.489. The summed E-state index contributed by atoms with van der Waals surface area (Å²) in [4.78, 5) is 11.9. The van der Waals surface area contributed by atoms with E-state index in [1.165, 1.54) is 0 Å². The first-order valence-electron chi connectivity index (χ1n) is 6.81. The average molecular weight is 274 g/mol. The lowest BCUT2D eigenvalue weighted by molar-refractivity contribution is 0.0495. The van der Waals surface area contributed by atoms with Crippen molar-refractivity contribution in [2.45, 2.75) is 40.0 Å². The number of carbonyl (C=O) groups excluding carboxylic acids is 1. The number of hydrogen-bond acceptors (Lipinski definition) is 4. The molecule has 0 atom stereocenters. The van der Waals surface area contributed by atoms with Gasteiger partial charge in [-0.05, 0) is 57.7 Å². The predicted molar refractivity (Wildman–Crippen MR) is 79.1 cm³/mol. The van der Waals surface area contributed by atoms with E-state index in [1.54, 1.807) is 25.1 Å². The summed E-state index contributed by atoms with van der Waals surface area (Å²) in [6.07, 6.45) is 2.43. The largest absolute Gasteiger partial charge is 0.462 e. The molecule has 0 amide bonds. The van der Waals surface area contributed by atoms with Gasteiger partial charge in [-0.2, -0.15) is 5.26 Å². The van der Waals surface area contributed by atoms with Crippen LogP contribution in [0.3, 0.4) is 0 Å². The Morgan fingerprint density at radius 2 is 2.10 bits per heavy atom. The Kier molecular flexibility index (Phi) is 5.57. The number of hydrogen-bond donors (Lipinski definition) is 1. The lowest BCUT2D eigenvalue weighted by Gasteiger charge is -2.14. The fraction of sp³-hybridized carbons (Fsp3) is 0.500. The molecular weight excluding hydrogens is 252 g/mol. The van der Waals surface area contributed by atoms with Crippen LogP contribution >= 0.6 is 0 Å². The standard InChI is InChI=1S/C16H22N2O2/c1-12-13(7-6-8-14(12)18)15(19)20-10-5-4-9-16(2,3)11-17/h6-8H,4-5,9-10,18H2,1-3H3. The zero-order valence-corrected chi connectivity index (χ0v) is 12.4. The summed E-state index contributed by atoms with van der Waals surface area (Å²) in [5.41, 5.74) is 7.31. The van der Waals surface area contributed by atoms with Crippen LogP contribution in [0.15, 0.2) is 18.2 Å². The van der Waals surface area contributed by atoms with E-state index in [9.17, 15) is 4.79 Å². The number of nitrogens with two attached hydrogens (primary N) is 1. The molecule has 20 heavy (non-hydrogen) atoms. The molecule has 0 fully saturated rings. The second kappa shape index (κ2) is 6.95. The van der Waals surface area contributed by atoms with Crippen molar-refractivity contribution in [3.8, 4) is 6.07 Å². The molecule has 2 N–H and O–H groups in total. The monoisotopic (exact) mass is 274 g/mol. The molecule has 0 aliphatic heterocycles. The molecule has 1 aromatic carbocycles. The summed E-state index contributed by atoms with van der Waals surface area (Å²) in [5.74, 6) is -0.339. The molecule has 1 rings (SSSR count). The molecule has 0 heterocycles. The maximum absolute atomic E-state index is 11.9. The normalized spacial score (nSPS) is 10.9. The maximum atomic E-state index is 11.9. The van der Waals surface area contributed by atoms with E-state index in [0.717, 1.165) is 24.8 Å². The molecule has 4 heteroatoms. The fourth-order valence-corrected chi connectivity index (χ4v) is 1.84. The first-order valence-corrected chi connectivity index (χ1v) is 6.81. The van der Waals surface area contributed by atoms with Gasteiger partial charge in [-0.15, -0.1) is 0 Å². The molecule has 1 aromatic rings. The highest BCUT2D eigenvalue weighted by Gasteiger charge is 2.16. The third-order valence-electron chi connectivity index (χ3n) is 3.33. The van der Waals surface area contributed by atoms with Crippen molar-refractivity contribution in [1.82, 2.24) is 0 Å². The van der Waals surface area contributed by atoms with Gasteiger partial charge in [-0.25, -0.2) is 4.79 Å². The van der Waals surface area contributed by atoms with Gasteiger partial charge in [0.05, 0.1) is 23.7 Å². The van der Waals surface area contributed by atoms with Gasteiger partial charge in [-0.3, -0.25) is 0 Å². The van der Waals surface area contributed by atoms with Crippen molar-refractivity contribution in [1.29, 1.82) is 5.26 Å². The van der Waals surface area contributed by atoms with Gasteiger partial charge in [0.2, 0.25) is 0 Å². The van der Waals surface area contributed by atoms with E-state index in [1.807, 2.05) is 13.8 Å². The number of rotatable bonds is 6. The Morgan fingerprint density at radius 1 is 1.40 bits per heavy atom. The van der Waals surface area contributed by atoms with E-state index in [4.69, 9.17) is 15.7 Å². The molecule has 0 aliphatic rings. The molecule has 108 valence electrons. The van der Waals surface area contributed by atoms with E-state index in [2.05, 4.69) is 6.07 Å². The van der Waals surface area contributed by atoms with Gasteiger partial charge in [0.25, 0.3) is 0 Å². The number of nitrogens with zero attached hydrogens (tertiary/aromatic N) is 1. The number of nitrogen functional groups attached to an aromatic ring is 1. The lowest BCUT2D eigenvalue weighted by Crippen LogP contribution is -2.11. The van der Waals surface area contributed by atoms with Crippen molar-refractivity contribution in [2.75, 3.05) is 12.3 Å². The van der Waals surface area contributed by atoms with Gasteiger partial charge in [0, 0.05) is 5.69 Å². The van der Waals surface area contributed by atoms with Crippen LogP contribution in [0.4, 0.5) is 5.69 Å². The minimum absolute atomic E-state index is 0.311. The van der Waals surface area contributed by atoms with Crippen molar-refractivity contribution in [2.24, 2.45) is 5.41 Å². The summed E-state index contributed by atoms with van der Waals surface area (Å²) in [5, 5.41) is 8.90.